The zero-order chi connectivity index (χ0) is 25.8. The highest BCUT2D eigenvalue weighted by Crippen LogP contribution is 2.32. The number of rotatable bonds is 8. The van der Waals surface area contributed by atoms with E-state index in [2.05, 4.69) is 55.8 Å². The Morgan fingerprint density at radius 3 is 2.46 bits per heavy atom. The minimum Gasteiger partial charge on any atom is -0.462 e. The first-order chi connectivity index (χ1) is 16.4. The largest absolute Gasteiger partial charge is 0.462 e. The van der Waals surface area contributed by atoms with Gasteiger partial charge >= 0.3 is 0 Å². The van der Waals surface area contributed by atoms with Crippen LogP contribution in [0, 0.1) is 19.3 Å². The summed E-state index contributed by atoms with van der Waals surface area (Å²) < 4.78 is 30.6. The molecule has 2 aromatic rings. The van der Waals surface area contributed by atoms with Crippen molar-refractivity contribution in [1.29, 1.82) is 0 Å². The fourth-order valence-electron chi connectivity index (χ4n) is 4.49. The van der Waals surface area contributed by atoms with E-state index in [-0.39, 0.29) is 24.2 Å². The lowest BCUT2D eigenvalue weighted by Gasteiger charge is -2.26. The highest BCUT2D eigenvalue weighted by Gasteiger charge is 2.20. The molecule has 0 saturated heterocycles. The summed E-state index contributed by atoms with van der Waals surface area (Å²) in [6.07, 6.45) is -0.0580. The van der Waals surface area contributed by atoms with Gasteiger partial charge in [-0.3, -0.25) is 4.79 Å². The third-order valence-corrected chi connectivity index (χ3v) is 6.15. The fourth-order valence-corrected chi connectivity index (χ4v) is 4.49. The number of amides is 1. The van der Waals surface area contributed by atoms with Crippen LogP contribution in [-0.2, 0) is 17.8 Å². The SMILES string of the molecule is C=C(CCC(F)F)Oc1ccc2c(c1)CCCN(c1cc(C)c(NC(=O)CC(C)(C)C)c(C)c1)C2. The van der Waals surface area contributed by atoms with Crippen molar-refractivity contribution < 1.29 is 18.3 Å². The molecule has 0 spiro atoms. The number of aryl methyl sites for hydroxylation is 3. The van der Waals surface area contributed by atoms with Crippen molar-refractivity contribution in [3.05, 3.63) is 64.9 Å². The van der Waals surface area contributed by atoms with Crippen molar-refractivity contribution in [2.24, 2.45) is 5.41 Å². The molecule has 6 heteroatoms. The lowest BCUT2D eigenvalue weighted by molar-refractivity contribution is -0.117. The molecule has 0 aliphatic carbocycles. The standard InChI is InChI=1S/C29H38F2N2O2/c1-19-14-24(15-20(2)28(19)32-27(34)17-29(4,5)6)33-13-7-8-22-16-25(11-10-23(22)18-33)35-21(3)9-12-26(30)31/h10-11,14-16,26H,3,7-9,12-13,17-18H2,1-2,4-6H3,(H,32,34). The second-order valence-electron chi connectivity index (χ2n) is 10.8. The molecule has 0 atom stereocenters. The first kappa shape index (κ1) is 26.7. The highest BCUT2D eigenvalue weighted by molar-refractivity contribution is 5.93. The van der Waals surface area contributed by atoms with Crippen LogP contribution in [0.2, 0.25) is 0 Å². The smallest absolute Gasteiger partial charge is 0.239 e. The van der Waals surface area contributed by atoms with Crippen molar-refractivity contribution >= 4 is 17.3 Å². The van der Waals surface area contributed by atoms with Crippen molar-refractivity contribution in [3.63, 3.8) is 0 Å². The van der Waals surface area contributed by atoms with Crippen LogP contribution in [0.1, 0.15) is 68.7 Å². The Bertz CT molecular complexity index is 1050. The van der Waals surface area contributed by atoms with Crippen molar-refractivity contribution in [2.45, 2.75) is 79.7 Å². The van der Waals surface area contributed by atoms with E-state index < -0.39 is 6.43 Å². The predicted octanol–water partition coefficient (Wildman–Crippen LogP) is 7.57. The van der Waals surface area contributed by atoms with E-state index in [1.54, 1.807) is 0 Å². The van der Waals surface area contributed by atoms with E-state index in [1.807, 2.05) is 26.0 Å². The molecule has 2 aromatic carbocycles. The molecule has 0 radical (unpaired) electrons. The van der Waals surface area contributed by atoms with Gasteiger partial charge in [0.25, 0.3) is 0 Å². The molecule has 1 N–H and O–H groups in total. The molecule has 1 aliphatic heterocycles. The number of nitrogens with one attached hydrogen (secondary N) is 1. The van der Waals surface area contributed by atoms with Crippen LogP contribution < -0.4 is 15.0 Å². The molecule has 0 unspecified atom stereocenters. The number of ether oxygens (including phenoxy) is 1. The van der Waals surface area contributed by atoms with Gasteiger partial charge in [0.15, 0.2) is 0 Å². The lowest BCUT2D eigenvalue weighted by Crippen LogP contribution is -2.23. The van der Waals surface area contributed by atoms with Crippen molar-refractivity contribution in [2.75, 3.05) is 16.8 Å². The van der Waals surface area contributed by atoms with Crippen molar-refractivity contribution in [1.82, 2.24) is 0 Å². The fraction of sp³-hybridized carbons (Fsp3) is 0.483. The number of halogens is 2. The normalized spacial score (nSPS) is 13.9. The minimum atomic E-state index is -2.35. The Labute approximate surface area is 208 Å². The number of carbonyl (C=O) groups excluding carboxylic acids is 1. The molecule has 0 aromatic heterocycles. The summed E-state index contributed by atoms with van der Waals surface area (Å²) in [7, 11) is 0. The molecule has 1 aliphatic rings. The number of fused-ring (bicyclic) bond motifs is 1. The molecule has 1 amide bonds. The topological polar surface area (TPSA) is 41.6 Å². The van der Waals surface area contributed by atoms with Crippen LogP contribution in [0.4, 0.5) is 20.2 Å². The number of alkyl halides is 2. The number of benzene rings is 2. The monoisotopic (exact) mass is 484 g/mol. The van der Waals surface area contributed by atoms with E-state index >= 15 is 0 Å². The predicted molar refractivity (Wildman–Crippen MR) is 139 cm³/mol. The van der Waals surface area contributed by atoms with Crippen LogP contribution in [0.25, 0.3) is 0 Å². The molecule has 0 fully saturated rings. The zero-order valence-corrected chi connectivity index (χ0v) is 21.6. The van der Waals surface area contributed by atoms with Gasteiger partial charge in [-0.25, -0.2) is 8.78 Å². The molecule has 0 saturated carbocycles. The molecular formula is C29H38F2N2O2. The molecule has 0 bridgehead atoms. The van der Waals surface area contributed by atoms with E-state index in [0.717, 1.165) is 48.4 Å². The summed E-state index contributed by atoms with van der Waals surface area (Å²) in [6.45, 7) is 15.7. The van der Waals surface area contributed by atoms with E-state index in [0.29, 0.717) is 17.9 Å². The van der Waals surface area contributed by atoms with Gasteiger partial charge in [-0.15, -0.1) is 0 Å². The number of hydrogen-bond donors (Lipinski definition) is 1. The van der Waals surface area contributed by atoms with Crippen LogP contribution in [-0.4, -0.2) is 18.9 Å². The number of nitrogens with zero attached hydrogens (tertiary/aromatic N) is 1. The molecule has 35 heavy (non-hydrogen) atoms. The molecule has 3 rings (SSSR count). The van der Waals surface area contributed by atoms with Crippen molar-refractivity contribution in [3.8, 4) is 5.75 Å². The van der Waals surface area contributed by atoms with Gasteiger partial charge in [-0.2, -0.15) is 0 Å². The summed E-state index contributed by atoms with van der Waals surface area (Å²) in [5, 5.41) is 3.11. The average molecular weight is 485 g/mol. The highest BCUT2D eigenvalue weighted by atomic mass is 19.3. The van der Waals surface area contributed by atoms with Gasteiger partial charge in [-0.1, -0.05) is 33.4 Å². The number of carbonyl (C=O) groups is 1. The van der Waals surface area contributed by atoms with Gasteiger partial charge in [0.05, 0.1) is 5.76 Å². The van der Waals surface area contributed by atoms with Crippen LogP contribution >= 0.6 is 0 Å². The molecule has 4 nitrogen and oxygen atoms in total. The van der Waals surface area contributed by atoms with Gasteiger partial charge < -0.3 is 15.0 Å². The third kappa shape index (κ3) is 7.81. The van der Waals surface area contributed by atoms with Crippen LogP contribution in [0.15, 0.2) is 42.7 Å². The third-order valence-electron chi connectivity index (χ3n) is 6.15. The Hall–Kier alpha value is -2.89. The quantitative estimate of drug-likeness (QED) is 0.393. The number of anilines is 2. The maximum atomic E-state index is 12.5. The number of hydrogen-bond acceptors (Lipinski definition) is 3. The first-order valence-electron chi connectivity index (χ1n) is 12.3. The second kappa shape index (κ2) is 11.2. The first-order valence-corrected chi connectivity index (χ1v) is 12.3. The Balaban J connectivity index is 1.72. The summed E-state index contributed by atoms with van der Waals surface area (Å²) in [5.74, 6) is 1.05. The maximum absolute atomic E-state index is 12.5. The van der Waals surface area contributed by atoms with Crippen LogP contribution in [0.3, 0.4) is 0 Å². The lowest BCUT2D eigenvalue weighted by atomic mass is 9.92. The van der Waals surface area contributed by atoms with Gasteiger partial charge in [0.1, 0.15) is 5.75 Å². The zero-order valence-electron chi connectivity index (χ0n) is 21.6. The second-order valence-corrected chi connectivity index (χ2v) is 10.8. The molecular weight excluding hydrogens is 446 g/mol. The van der Waals surface area contributed by atoms with Gasteiger partial charge in [-0.05, 0) is 78.6 Å². The Morgan fingerprint density at radius 2 is 1.83 bits per heavy atom. The summed E-state index contributed by atoms with van der Waals surface area (Å²) in [6, 6.07) is 10.3. The summed E-state index contributed by atoms with van der Waals surface area (Å²) in [4.78, 5) is 14.9. The van der Waals surface area contributed by atoms with E-state index in [1.165, 1.54) is 11.1 Å². The Kier molecular flexibility index (Phi) is 8.57. The van der Waals surface area contributed by atoms with Gasteiger partial charge in [0.2, 0.25) is 12.3 Å². The molecule has 190 valence electrons. The van der Waals surface area contributed by atoms with Gasteiger partial charge in [0, 0.05) is 43.7 Å². The average Bonchev–Trinajstić information content (AvgIpc) is 2.95. The Morgan fingerprint density at radius 1 is 1.14 bits per heavy atom. The maximum Gasteiger partial charge on any atom is 0.239 e. The molecule has 1 heterocycles. The van der Waals surface area contributed by atoms with E-state index in [9.17, 15) is 13.6 Å². The van der Waals surface area contributed by atoms with Crippen LogP contribution in [0.5, 0.6) is 5.75 Å². The van der Waals surface area contributed by atoms with E-state index in [4.69, 9.17) is 4.74 Å². The summed E-state index contributed by atoms with van der Waals surface area (Å²) >= 11 is 0. The number of allylic oxidation sites excluding steroid dienone is 1. The summed E-state index contributed by atoms with van der Waals surface area (Å²) in [5.41, 5.74) is 6.53. The minimum absolute atomic E-state index is 0.0371.